The summed E-state index contributed by atoms with van der Waals surface area (Å²) in [6.45, 7) is 3.90. The molecule has 0 saturated heterocycles. The first-order valence-electron chi connectivity index (χ1n) is 8.41. The van der Waals surface area contributed by atoms with Gasteiger partial charge < -0.3 is 16.0 Å². The summed E-state index contributed by atoms with van der Waals surface area (Å²) in [5.74, 6) is -0.162. The van der Waals surface area contributed by atoms with E-state index in [1.807, 2.05) is 20.9 Å². The zero-order chi connectivity index (χ0) is 18.0. The molecule has 3 N–H and O–H groups in total. The number of hydrogen-bond acceptors (Lipinski definition) is 3. The first-order valence-corrected chi connectivity index (χ1v) is 8.41. The SMILES string of the molecule is Cc1c([C@H](C)NC(=O)c2ccc(NC(=O)NC3CC3)cc2)cnn1C. The van der Waals surface area contributed by atoms with Crippen LogP contribution in [-0.4, -0.2) is 27.8 Å². The van der Waals surface area contributed by atoms with Crippen molar-refractivity contribution in [3.63, 3.8) is 0 Å². The first kappa shape index (κ1) is 17.0. The van der Waals surface area contributed by atoms with Crippen LogP contribution in [0.1, 0.15) is 47.4 Å². The number of carbonyl (C=O) groups is 2. The summed E-state index contributed by atoms with van der Waals surface area (Å²) in [5.41, 5.74) is 3.22. The minimum Gasteiger partial charge on any atom is -0.345 e. The number of benzene rings is 1. The number of rotatable bonds is 5. The molecule has 1 fully saturated rings. The molecule has 0 spiro atoms. The van der Waals surface area contributed by atoms with Crippen molar-refractivity contribution in [2.45, 2.75) is 38.8 Å². The van der Waals surface area contributed by atoms with E-state index in [1.165, 1.54) is 0 Å². The van der Waals surface area contributed by atoms with Crippen molar-refractivity contribution >= 4 is 17.6 Å². The number of hydrogen-bond donors (Lipinski definition) is 3. The van der Waals surface area contributed by atoms with Crippen molar-refractivity contribution in [2.75, 3.05) is 5.32 Å². The topological polar surface area (TPSA) is 88.1 Å². The summed E-state index contributed by atoms with van der Waals surface area (Å²) in [6, 6.07) is 6.81. The minimum absolute atomic E-state index is 0.136. The lowest BCUT2D eigenvalue weighted by molar-refractivity contribution is 0.0940. The van der Waals surface area contributed by atoms with Gasteiger partial charge in [0.2, 0.25) is 0 Å². The number of aryl methyl sites for hydroxylation is 1. The lowest BCUT2D eigenvalue weighted by atomic mass is 10.1. The van der Waals surface area contributed by atoms with Crippen LogP contribution in [0.4, 0.5) is 10.5 Å². The third-order valence-electron chi connectivity index (χ3n) is 4.40. The predicted molar refractivity (Wildman–Crippen MR) is 95.4 cm³/mol. The number of anilines is 1. The fourth-order valence-electron chi connectivity index (χ4n) is 2.58. The van der Waals surface area contributed by atoms with Gasteiger partial charge in [0.05, 0.1) is 12.2 Å². The summed E-state index contributed by atoms with van der Waals surface area (Å²) in [5, 5.41) is 12.8. The number of amides is 3. The summed E-state index contributed by atoms with van der Waals surface area (Å²) in [4.78, 5) is 24.1. The van der Waals surface area contributed by atoms with Crippen LogP contribution in [0.5, 0.6) is 0 Å². The van der Waals surface area contributed by atoms with Gasteiger partial charge in [-0.3, -0.25) is 9.48 Å². The molecular formula is C18H23N5O2. The third-order valence-corrected chi connectivity index (χ3v) is 4.40. The zero-order valence-electron chi connectivity index (χ0n) is 14.7. The van der Waals surface area contributed by atoms with Crippen molar-refractivity contribution in [1.82, 2.24) is 20.4 Å². The lowest BCUT2D eigenvalue weighted by Gasteiger charge is -2.14. The van der Waals surface area contributed by atoms with Gasteiger partial charge in [-0.15, -0.1) is 0 Å². The van der Waals surface area contributed by atoms with Gasteiger partial charge in [0.1, 0.15) is 0 Å². The largest absolute Gasteiger partial charge is 0.345 e. The Morgan fingerprint density at radius 2 is 1.92 bits per heavy atom. The Hall–Kier alpha value is -2.83. The highest BCUT2D eigenvalue weighted by Crippen LogP contribution is 2.19. The Labute approximate surface area is 146 Å². The van der Waals surface area contributed by atoms with E-state index in [0.29, 0.717) is 17.3 Å². The molecule has 1 atom stereocenters. The maximum Gasteiger partial charge on any atom is 0.319 e. The van der Waals surface area contributed by atoms with E-state index >= 15 is 0 Å². The quantitative estimate of drug-likeness (QED) is 0.781. The van der Waals surface area contributed by atoms with Crippen LogP contribution in [-0.2, 0) is 7.05 Å². The maximum atomic E-state index is 12.4. The van der Waals surface area contributed by atoms with Crippen LogP contribution >= 0.6 is 0 Å². The first-order chi connectivity index (χ1) is 11.9. The minimum atomic E-state index is -0.208. The van der Waals surface area contributed by atoms with Gasteiger partial charge in [-0.1, -0.05) is 0 Å². The second kappa shape index (κ2) is 6.96. The van der Waals surface area contributed by atoms with Crippen LogP contribution in [0.3, 0.4) is 0 Å². The zero-order valence-corrected chi connectivity index (χ0v) is 14.7. The molecule has 1 aliphatic rings. The molecule has 1 saturated carbocycles. The van der Waals surface area contributed by atoms with Gasteiger partial charge >= 0.3 is 6.03 Å². The van der Waals surface area contributed by atoms with Gasteiger partial charge in [-0.05, 0) is 51.0 Å². The molecule has 0 aliphatic heterocycles. The van der Waals surface area contributed by atoms with Crippen molar-refractivity contribution < 1.29 is 9.59 Å². The van der Waals surface area contributed by atoms with Crippen molar-refractivity contribution in [2.24, 2.45) is 7.05 Å². The van der Waals surface area contributed by atoms with Gasteiger partial charge in [0.25, 0.3) is 5.91 Å². The van der Waals surface area contributed by atoms with Crippen molar-refractivity contribution in [3.05, 3.63) is 47.3 Å². The highest BCUT2D eigenvalue weighted by atomic mass is 16.2. The molecule has 3 rings (SSSR count). The molecule has 1 heterocycles. The van der Waals surface area contributed by atoms with E-state index in [0.717, 1.165) is 24.1 Å². The van der Waals surface area contributed by atoms with E-state index in [4.69, 9.17) is 0 Å². The number of carbonyl (C=O) groups excluding carboxylic acids is 2. The van der Waals surface area contributed by atoms with E-state index in [2.05, 4.69) is 21.0 Å². The molecule has 132 valence electrons. The molecule has 0 bridgehead atoms. The van der Waals surface area contributed by atoms with Crippen molar-refractivity contribution in [3.8, 4) is 0 Å². The molecule has 1 aromatic carbocycles. The van der Waals surface area contributed by atoms with Crippen LogP contribution in [0.2, 0.25) is 0 Å². The predicted octanol–water partition coefficient (Wildman–Crippen LogP) is 2.50. The molecule has 0 radical (unpaired) electrons. The monoisotopic (exact) mass is 341 g/mol. The van der Waals surface area contributed by atoms with Crippen LogP contribution in [0, 0.1) is 6.92 Å². The molecular weight excluding hydrogens is 318 g/mol. The molecule has 25 heavy (non-hydrogen) atoms. The fraction of sp³-hybridized carbons (Fsp3) is 0.389. The summed E-state index contributed by atoms with van der Waals surface area (Å²) >= 11 is 0. The van der Waals surface area contributed by atoms with E-state index in [1.54, 1.807) is 35.1 Å². The normalized spacial score (nSPS) is 14.7. The van der Waals surface area contributed by atoms with Gasteiger partial charge in [0.15, 0.2) is 0 Å². The van der Waals surface area contributed by atoms with Crippen molar-refractivity contribution in [1.29, 1.82) is 0 Å². The molecule has 2 aromatic rings. The van der Waals surface area contributed by atoms with Crippen LogP contribution in [0.25, 0.3) is 0 Å². The van der Waals surface area contributed by atoms with Gasteiger partial charge in [0, 0.05) is 35.6 Å². The third kappa shape index (κ3) is 4.17. The molecule has 1 aliphatic carbocycles. The number of aromatic nitrogens is 2. The standard InChI is InChI=1S/C18H23N5O2/c1-11(16-10-19-23(3)12(16)2)20-17(24)13-4-6-14(7-5-13)21-18(25)22-15-8-9-15/h4-7,10-11,15H,8-9H2,1-3H3,(H,20,24)(H2,21,22,25)/t11-/m0/s1. The Bertz CT molecular complexity index is 777. The maximum absolute atomic E-state index is 12.4. The van der Waals surface area contributed by atoms with E-state index in [9.17, 15) is 9.59 Å². The van der Waals surface area contributed by atoms with Crippen LogP contribution in [0.15, 0.2) is 30.5 Å². The Balaban J connectivity index is 1.58. The lowest BCUT2D eigenvalue weighted by Crippen LogP contribution is -2.30. The Morgan fingerprint density at radius 3 is 2.48 bits per heavy atom. The van der Waals surface area contributed by atoms with Crippen LogP contribution < -0.4 is 16.0 Å². The van der Waals surface area contributed by atoms with E-state index < -0.39 is 0 Å². The average molecular weight is 341 g/mol. The summed E-state index contributed by atoms with van der Waals surface area (Å²) in [7, 11) is 1.87. The van der Waals surface area contributed by atoms with Gasteiger partial charge in [-0.25, -0.2) is 4.79 Å². The number of nitrogens with one attached hydrogen (secondary N) is 3. The van der Waals surface area contributed by atoms with E-state index in [-0.39, 0.29) is 18.0 Å². The average Bonchev–Trinajstić information content (AvgIpc) is 3.32. The number of nitrogens with zero attached hydrogens (tertiary/aromatic N) is 2. The molecule has 7 nitrogen and oxygen atoms in total. The molecule has 1 aromatic heterocycles. The summed E-state index contributed by atoms with van der Waals surface area (Å²) < 4.78 is 1.78. The highest BCUT2D eigenvalue weighted by Gasteiger charge is 2.23. The smallest absolute Gasteiger partial charge is 0.319 e. The Kier molecular flexibility index (Phi) is 4.74. The second-order valence-electron chi connectivity index (χ2n) is 6.45. The molecule has 0 unspecified atom stereocenters. The highest BCUT2D eigenvalue weighted by molar-refractivity contribution is 5.95. The fourth-order valence-corrected chi connectivity index (χ4v) is 2.58. The Morgan fingerprint density at radius 1 is 1.24 bits per heavy atom. The van der Waals surface area contributed by atoms with Gasteiger partial charge in [-0.2, -0.15) is 5.10 Å². The molecule has 7 heteroatoms. The number of urea groups is 1. The molecule has 3 amide bonds. The summed E-state index contributed by atoms with van der Waals surface area (Å²) in [6.07, 6.45) is 3.86. The second-order valence-corrected chi connectivity index (χ2v) is 6.45.